The van der Waals surface area contributed by atoms with Crippen LogP contribution in [0.2, 0.25) is 0 Å². The summed E-state index contributed by atoms with van der Waals surface area (Å²) in [6, 6.07) is 65.3. The predicted molar refractivity (Wildman–Crippen MR) is 244 cm³/mol. The second-order valence-corrected chi connectivity index (χ2v) is 16.6. The SMILES string of the molecule is c1ccc(C2=NC(c3cccc4c3sc3c(-c5cccc6c5sc5cccc(-n7c8ccccc8c8ccccc87)c56)cccc34)NC(c3ccccc3)=N2)cc1. The minimum atomic E-state index is -0.307. The molecule has 0 saturated carbocycles. The van der Waals surface area contributed by atoms with Gasteiger partial charge in [-0.2, -0.15) is 0 Å². The minimum Gasteiger partial charge on any atom is -0.344 e. The third kappa shape index (κ3) is 5.04. The van der Waals surface area contributed by atoms with Crippen LogP contribution in [-0.2, 0) is 0 Å². The second kappa shape index (κ2) is 12.8. The van der Waals surface area contributed by atoms with Gasteiger partial charge in [0.2, 0.25) is 0 Å². The minimum absolute atomic E-state index is 0.307. The number of fused-ring (bicyclic) bond motifs is 9. The van der Waals surface area contributed by atoms with Crippen LogP contribution in [0.3, 0.4) is 0 Å². The third-order valence-corrected chi connectivity index (χ3v) is 13.8. The average Bonchev–Trinajstić information content (AvgIpc) is 3.97. The van der Waals surface area contributed by atoms with Crippen LogP contribution < -0.4 is 5.32 Å². The number of nitrogens with one attached hydrogen (secondary N) is 1. The molecule has 4 heterocycles. The van der Waals surface area contributed by atoms with Crippen molar-refractivity contribution in [2.45, 2.75) is 6.17 Å². The van der Waals surface area contributed by atoms with E-state index in [4.69, 9.17) is 9.98 Å². The van der Waals surface area contributed by atoms with Gasteiger partial charge in [0.1, 0.15) is 12.0 Å². The summed E-state index contributed by atoms with van der Waals surface area (Å²) in [6.45, 7) is 0. The number of rotatable bonds is 5. The fourth-order valence-electron chi connectivity index (χ4n) is 8.75. The maximum absolute atomic E-state index is 5.26. The smallest absolute Gasteiger partial charge is 0.159 e. The largest absolute Gasteiger partial charge is 0.344 e. The number of benzene rings is 8. The van der Waals surface area contributed by atoms with E-state index in [2.05, 4.69) is 168 Å². The Morgan fingerprint density at radius 3 is 1.74 bits per heavy atom. The summed E-state index contributed by atoms with van der Waals surface area (Å²) in [5, 5.41) is 11.3. The molecule has 268 valence electrons. The molecule has 0 spiro atoms. The van der Waals surface area contributed by atoms with Crippen molar-refractivity contribution >= 4 is 96.5 Å². The zero-order chi connectivity index (χ0) is 37.5. The number of para-hydroxylation sites is 2. The maximum atomic E-state index is 5.26. The average molecular weight is 765 g/mol. The van der Waals surface area contributed by atoms with Crippen LogP contribution in [0.5, 0.6) is 0 Å². The van der Waals surface area contributed by atoms with Gasteiger partial charge in [-0.05, 0) is 24.3 Å². The molecule has 3 aromatic heterocycles. The molecule has 12 rings (SSSR count). The molecule has 4 nitrogen and oxygen atoms in total. The summed E-state index contributed by atoms with van der Waals surface area (Å²) in [5.41, 5.74) is 9.37. The topological polar surface area (TPSA) is 41.7 Å². The summed E-state index contributed by atoms with van der Waals surface area (Å²) in [5.74, 6) is 1.55. The molecular formula is C51H32N4S2. The molecule has 0 bridgehead atoms. The molecule has 1 unspecified atom stereocenters. The van der Waals surface area contributed by atoms with E-state index in [0.717, 1.165) is 28.4 Å². The van der Waals surface area contributed by atoms with Crippen LogP contribution in [0, 0.1) is 0 Å². The van der Waals surface area contributed by atoms with Gasteiger partial charge in [0.05, 0.1) is 16.7 Å². The van der Waals surface area contributed by atoms with Crippen LogP contribution in [0.4, 0.5) is 0 Å². The maximum Gasteiger partial charge on any atom is 0.159 e. The number of amidine groups is 2. The Bertz CT molecular complexity index is 3390. The van der Waals surface area contributed by atoms with Crippen molar-refractivity contribution in [2.75, 3.05) is 0 Å². The first-order chi connectivity index (χ1) is 28.3. The third-order valence-electron chi connectivity index (χ3n) is 11.3. The Labute approximate surface area is 336 Å². The lowest BCUT2D eigenvalue weighted by Gasteiger charge is -2.24. The van der Waals surface area contributed by atoms with E-state index < -0.39 is 0 Å². The van der Waals surface area contributed by atoms with Crippen molar-refractivity contribution in [1.29, 1.82) is 0 Å². The molecule has 0 fully saturated rings. The van der Waals surface area contributed by atoms with Crippen LogP contribution in [0.15, 0.2) is 192 Å². The summed E-state index contributed by atoms with van der Waals surface area (Å²) < 4.78 is 7.57. The van der Waals surface area contributed by atoms with Crippen LogP contribution >= 0.6 is 22.7 Å². The van der Waals surface area contributed by atoms with Crippen LogP contribution in [0.1, 0.15) is 22.9 Å². The van der Waals surface area contributed by atoms with Gasteiger partial charge < -0.3 is 9.88 Å². The molecule has 6 heteroatoms. The molecule has 1 N–H and O–H groups in total. The van der Waals surface area contributed by atoms with Gasteiger partial charge in [-0.3, -0.25) is 0 Å². The first kappa shape index (κ1) is 32.4. The Hall–Kier alpha value is -6.86. The Kier molecular flexibility index (Phi) is 7.30. The molecule has 57 heavy (non-hydrogen) atoms. The number of aromatic nitrogens is 1. The number of nitrogens with zero attached hydrogens (tertiary/aromatic N) is 3. The molecule has 11 aromatic rings. The lowest BCUT2D eigenvalue weighted by Crippen LogP contribution is -2.33. The number of hydrogen-bond donors (Lipinski definition) is 1. The molecular weight excluding hydrogens is 733 g/mol. The Morgan fingerprint density at radius 2 is 1.02 bits per heavy atom. The van der Waals surface area contributed by atoms with Gasteiger partial charge in [-0.25, -0.2) is 9.98 Å². The van der Waals surface area contributed by atoms with E-state index in [1.165, 1.54) is 79.0 Å². The molecule has 1 aliphatic heterocycles. The highest BCUT2D eigenvalue weighted by atomic mass is 32.1. The van der Waals surface area contributed by atoms with Gasteiger partial charge in [-0.1, -0.05) is 158 Å². The Morgan fingerprint density at radius 1 is 0.456 bits per heavy atom. The van der Waals surface area contributed by atoms with Crippen LogP contribution in [-0.4, -0.2) is 16.2 Å². The van der Waals surface area contributed by atoms with E-state index in [1.807, 2.05) is 46.9 Å². The first-order valence-electron chi connectivity index (χ1n) is 19.2. The highest BCUT2D eigenvalue weighted by Gasteiger charge is 2.25. The quantitative estimate of drug-likeness (QED) is 0.186. The summed E-state index contributed by atoms with van der Waals surface area (Å²) in [7, 11) is 0. The molecule has 0 radical (unpaired) electrons. The standard InChI is InChI=1S/C51H32N4S2/c1-3-15-31(16-4-1)49-52-50(32-17-5-2-6-18-32)54-51(53-49)40-26-13-24-38-36-22-11-21-35(46(36)57-48(38)40)37-23-12-25-39-45-43(29-14-30-44(45)56-47(37)39)55-41-27-9-7-19-33(41)34-20-8-10-28-42(34)55/h1-30,51H,(H,52,53,54). The fraction of sp³-hybridized carbons (Fsp3) is 0.0196. The van der Waals surface area contributed by atoms with Crippen molar-refractivity contribution in [3.05, 3.63) is 199 Å². The van der Waals surface area contributed by atoms with E-state index >= 15 is 0 Å². The van der Waals surface area contributed by atoms with Gasteiger partial charge in [0.15, 0.2) is 5.84 Å². The van der Waals surface area contributed by atoms with Crippen molar-refractivity contribution < 1.29 is 0 Å². The van der Waals surface area contributed by atoms with Gasteiger partial charge >= 0.3 is 0 Å². The van der Waals surface area contributed by atoms with Crippen molar-refractivity contribution in [3.8, 4) is 16.8 Å². The number of aliphatic imine (C=N–C) groups is 2. The van der Waals surface area contributed by atoms with E-state index in [9.17, 15) is 0 Å². The lowest BCUT2D eigenvalue weighted by molar-refractivity contribution is 0.680. The van der Waals surface area contributed by atoms with Gasteiger partial charge in [0.25, 0.3) is 0 Å². The molecule has 8 aromatic carbocycles. The molecule has 0 amide bonds. The highest BCUT2D eigenvalue weighted by Crippen LogP contribution is 2.48. The monoisotopic (exact) mass is 764 g/mol. The molecule has 1 aliphatic rings. The zero-order valence-electron chi connectivity index (χ0n) is 30.6. The summed E-state index contributed by atoms with van der Waals surface area (Å²) in [4.78, 5) is 10.3. The van der Waals surface area contributed by atoms with Crippen molar-refractivity contribution in [3.63, 3.8) is 0 Å². The fourth-order valence-corrected chi connectivity index (χ4v) is 11.4. The molecule has 0 aliphatic carbocycles. The first-order valence-corrected chi connectivity index (χ1v) is 20.8. The molecule has 0 saturated heterocycles. The van der Waals surface area contributed by atoms with Gasteiger partial charge in [0, 0.05) is 78.9 Å². The number of thiophene rings is 2. The van der Waals surface area contributed by atoms with Crippen molar-refractivity contribution in [1.82, 2.24) is 9.88 Å². The molecule has 1 atom stereocenters. The van der Waals surface area contributed by atoms with Gasteiger partial charge in [-0.15, -0.1) is 22.7 Å². The Balaban J connectivity index is 1.04. The normalized spacial score (nSPS) is 14.5. The number of hydrogen-bond acceptors (Lipinski definition) is 5. The zero-order valence-corrected chi connectivity index (χ0v) is 32.2. The highest BCUT2D eigenvalue weighted by molar-refractivity contribution is 7.27. The van der Waals surface area contributed by atoms with E-state index in [1.54, 1.807) is 0 Å². The van der Waals surface area contributed by atoms with Crippen LogP contribution in [0.25, 0.3) is 79.0 Å². The van der Waals surface area contributed by atoms with E-state index in [-0.39, 0.29) is 6.17 Å². The van der Waals surface area contributed by atoms with E-state index in [0.29, 0.717) is 0 Å². The predicted octanol–water partition coefficient (Wildman–Crippen LogP) is 13.7. The lowest BCUT2D eigenvalue weighted by atomic mass is 9.99. The van der Waals surface area contributed by atoms with Crippen molar-refractivity contribution in [2.24, 2.45) is 9.98 Å². The summed E-state index contributed by atoms with van der Waals surface area (Å²) in [6.07, 6.45) is -0.307. The summed E-state index contributed by atoms with van der Waals surface area (Å²) >= 11 is 3.76. The second-order valence-electron chi connectivity index (χ2n) is 14.5.